The van der Waals surface area contributed by atoms with Crippen LogP contribution in [0.25, 0.3) is 22.6 Å². The van der Waals surface area contributed by atoms with Crippen molar-refractivity contribution in [1.29, 1.82) is 0 Å². The summed E-state index contributed by atoms with van der Waals surface area (Å²) < 4.78 is 31.0. The lowest BCUT2D eigenvalue weighted by Gasteiger charge is -2.35. The fraction of sp³-hybridized carbons (Fsp3) is 0.219. The molecule has 12 heteroatoms. The summed E-state index contributed by atoms with van der Waals surface area (Å²) in [4.78, 5) is 34.1. The number of H-pyrrole nitrogens is 1. The Balaban J connectivity index is 1.22. The molecule has 0 aliphatic carbocycles. The van der Waals surface area contributed by atoms with Crippen LogP contribution in [0.1, 0.15) is 24.6 Å². The van der Waals surface area contributed by atoms with Crippen LogP contribution in [-0.2, 0) is 20.8 Å². The second-order valence-electron chi connectivity index (χ2n) is 10.5. The van der Waals surface area contributed by atoms with Crippen molar-refractivity contribution in [2.45, 2.75) is 19.8 Å². The predicted molar refractivity (Wildman–Crippen MR) is 161 cm³/mol. The van der Waals surface area contributed by atoms with Gasteiger partial charge in [0.25, 0.3) is 0 Å². The van der Waals surface area contributed by atoms with Gasteiger partial charge in [-0.25, -0.2) is 19.3 Å². The Bertz CT molecular complexity index is 1720. The molecule has 0 unspecified atom stereocenters. The van der Waals surface area contributed by atoms with Crippen LogP contribution in [0.4, 0.5) is 16.0 Å². The van der Waals surface area contributed by atoms with Crippen molar-refractivity contribution in [2.24, 2.45) is 5.41 Å². The lowest BCUT2D eigenvalue weighted by Crippen LogP contribution is -2.45. The fourth-order valence-corrected chi connectivity index (χ4v) is 4.63. The molecule has 6 rings (SSSR count). The number of amides is 1. The molecule has 1 saturated heterocycles. The molecule has 11 nitrogen and oxygen atoms in total. The Morgan fingerprint density at radius 1 is 1.00 bits per heavy atom. The van der Waals surface area contributed by atoms with Gasteiger partial charge in [0.05, 0.1) is 42.8 Å². The first-order valence-corrected chi connectivity index (χ1v) is 13.9. The molecule has 3 N–H and O–H groups in total. The molecule has 0 atom stereocenters. The number of nitrogens with one attached hydrogen (secondary N) is 3. The van der Waals surface area contributed by atoms with E-state index in [4.69, 9.17) is 24.2 Å². The normalized spacial score (nSPS) is 18.0. The molecular weight excluding hydrogens is 565 g/mol. The standard InChI is InChI=1S/C32H30FN7O4/c1-32(30(41)37-23-11-14-34-15-12-23)18-43-29(44-19-32)28-39-26(21-5-7-22(33)8-6-21)27(40-28)25-13-16-35-31(38-25)36-17-20-3-9-24(42-2)10-4-20/h3-16,29H,17-19H2,1-2H3,(H,39,40)(H,34,37,41)(H,35,36,38). The number of aromatic amines is 1. The second kappa shape index (κ2) is 12.6. The zero-order valence-corrected chi connectivity index (χ0v) is 24.1. The van der Waals surface area contributed by atoms with Crippen LogP contribution in [0.15, 0.2) is 85.3 Å². The average Bonchev–Trinajstić information content (AvgIpc) is 3.51. The zero-order chi connectivity index (χ0) is 30.5. The van der Waals surface area contributed by atoms with E-state index in [9.17, 15) is 9.18 Å². The molecule has 4 heterocycles. The van der Waals surface area contributed by atoms with Gasteiger partial charge in [-0.3, -0.25) is 9.78 Å². The zero-order valence-electron chi connectivity index (χ0n) is 24.1. The maximum absolute atomic E-state index is 13.8. The van der Waals surface area contributed by atoms with Crippen molar-refractivity contribution < 1.29 is 23.4 Å². The van der Waals surface area contributed by atoms with Gasteiger partial charge in [0.15, 0.2) is 5.82 Å². The maximum atomic E-state index is 13.8. The van der Waals surface area contributed by atoms with Gasteiger partial charge in [0, 0.05) is 36.4 Å². The summed E-state index contributed by atoms with van der Waals surface area (Å²) in [5.74, 6) is 0.994. The topological polar surface area (TPSA) is 136 Å². The van der Waals surface area contributed by atoms with Crippen LogP contribution < -0.4 is 15.4 Å². The van der Waals surface area contributed by atoms with Crippen molar-refractivity contribution in [3.63, 3.8) is 0 Å². The summed E-state index contributed by atoms with van der Waals surface area (Å²) in [6, 6.07) is 18.9. The Labute approximate surface area is 252 Å². The van der Waals surface area contributed by atoms with Crippen molar-refractivity contribution in [2.75, 3.05) is 31.0 Å². The number of benzene rings is 2. The summed E-state index contributed by atoms with van der Waals surface area (Å²) in [5.41, 5.74) is 3.10. The summed E-state index contributed by atoms with van der Waals surface area (Å²) in [7, 11) is 1.63. The van der Waals surface area contributed by atoms with Crippen LogP contribution in [-0.4, -0.2) is 51.2 Å². The van der Waals surface area contributed by atoms with Gasteiger partial charge in [0.2, 0.25) is 18.1 Å². The van der Waals surface area contributed by atoms with Crippen molar-refractivity contribution in [3.8, 4) is 28.4 Å². The highest BCUT2D eigenvalue weighted by atomic mass is 19.1. The minimum Gasteiger partial charge on any atom is -0.497 e. The van der Waals surface area contributed by atoms with Gasteiger partial charge in [-0.1, -0.05) is 12.1 Å². The van der Waals surface area contributed by atoms with E-state index in [1.165, 1.54) is 12.1 Å². The summed E-state index contributed by atoms with van der Waals surface area (Å²) >= 11 is 0. The maximum Gasteiger partial charge on any atom is 0.235 e. The number of carbonyl (C=O) groups excluding carboxylic acids is 1. The molecule has 0 radical (unpaired) electrons. The molecule has 0 saturated carbocycles. The fourth-order valence-electron chi connectivity index (χ4n) is 4.63. The molecule has 5 aromatic rings. The highest BCUT2D eigenvalue weighted by molar-refractivity contribution is 5.95. The predicted octanol–water partition coefficient (Wildman–Crippen LogP) is 5.38. The molecule has 224 valence electrons. The molecule has 1 aliphatic heterocycles. The third-order valence-electron chi connectivity index (χ3n) is 7.18. The van der Waals surface area contributed by atoms with Gasteiger partial charge in [-0.2, -0.15) is 0 Å². The largest absolute Gasteiger partial charge is 0.497 e. The van der Waals surface area contributed by atoms with E-state index in [-0.39, 0.29) is 24.9 Å². The molecular formula is C32H30FN7O4. The van der Waals surface area contributed by atoms with Crippen LogP contribution in [0.3, 0.4) is 0 Å². The molecule has 44 heavy (non-hydrogen) atoms. The van der Waals surface area contributed by atoms with Gasteiger partial charge < -0.3 is 29.8 Å². The number of imidazole rings is 1. The molecule has 1 aliphatic rings. The van der Waals surface area contributed by atoms with E-state index in [1.807, 2.05) is 24.3 Å². The number of aromatic nitrogens is 5. The SMILES string of the molecule is COc1ccc(CNc2nccc(-c3[nH]c(C4OCC(C)(C(=O)Nc5ccncc5)CO4)nc3-c3ccc(F)cc3)n2)cc1. The van der Waals surface area contributed by atoms with Crippen LogP contribution in [0, 0.1) is 11.2 Å². The number of ether oxygens (including phenoxy) is 3. The molecule has 2 aromatic carbocycles. The van der Waals surface area contributed by atoms with E-state index >= 15 is 0 Å². The highest BCUT2D eigenvalue weighted by Gasteiger charge is 2.41. The van der Waals surface area contributed by atoms with E-state index in [2.05, 4.69) is 25.6 Å². The van der Waals surface area contributed by atoms with Crippen molar-refractivity contribution >= 4 is 17.5 Å². The van der Waals surface area contributed by atoms with E-state index in [1.54, 1.807) is 63.0 Å². The molecule has 1 fully saturated rings. The number of hydrogen-bond acceptors (Lipinski definition) is 9. The number of hydrogen-bond donors (Lipinski definition) is 3. The Morgan fingerprint density at radius 3 is 2.43 bits per heavy atom. The number of methoxy groups -OCH3 is 1. The minimum atomic E-state index is -0.925. The smallest absolute Gasteiger partial charge is 0.235 e. The van der Waals surface area contributed by atoms with Crippen molar-refractivity contribution in [3.05, 3.63) is 103 Å². The van der Waals surface area contributed by atoms with Gasteiger partial charge >= 0.3 is 0 Å². The number of anilines is 2. The molecule has 0 bridgehead atoms. The second-order valence-corrected chi connectivity index (χ2v) is 10.5. The number of rotatable bonds is 9. The van der Waals surface area contributed by atoms with E-state index in [0.717, 1.165) is 11.3 Å². The van der Waals surface area contributed by atoms with E-state index < -0.39 is 11.7 Å². The van der Waals surface area contributed by atoms with Gasteiger partial charge in [-0.05, 0) is 67.1 Å². The van der Waals surface area contributed by atoms with Crippen LogP contribution >= 0.6 is 0 Å². The summed E-state index contributed by atoms with van der Waals surface area (Å²) in [6.07, 6.45) is 3.99. The highest BCUT2D eigenvalue weighted by Crippen LogP contribution is 2.36. The number of nitrogens with zero attached hydrogens (tertiary/aromatic N) is 4. The third kappa shape index (κ3) is 6.41. The minimum absolute atomic E-state index is 0.101. The summed E-state index contributed by atoms with van der Waals surface area (Å²) in [5, 5.41) is 6.12. The van der Waals surface area contributed by atoms with E-state index in [0.29, 0.717) is 46.7 Å². The monoisotopic (exact) mass is 595 g/mol. The number of halogens is 1. The Kier molecular flexibility index (Phi) is 8.26. The first-order chi connectivity index (χ1) is 21.4. The average molecular weight is 596 g/mol. The summed E-state index contributed by atoms with van der Waals surface area (Å²) in [6.45, 7) is 2.48. The lowest BCUT2D eigenvalue weighted by atomic mass is 9.91. The van der Waals surface area contributed by atoms with Gasteiger partial charge in [-0.15, -0.1) is 0 Å². The van der Waals surface area contributed by atoms with Crippen molar-refractivity contribution in [1.82, 2.24) is 24.9 Å². The molecule has 1 amide bonds. The lowest BCUT2D eigenvalue weighted by molar-refractivity contribution is -0.229. The number of carbonyl (C=O) groups is 1. The van der Waals surface area contributed by atoms with Crippen LogP contribution in [0.5, 0.6) is 5.75 Å². The first-order valence-electron chi connectivity index (χ1n) is 13.9. The molecule has 0 spiro atoms. The van der Waals surface area contributed by atoms with Crippen LogP contribution in [0.2, 0.25) is 0 Å². The van der Waals surface area contributed by atoms with Gasteiger partial charge in [0.1, 0.15) is 11.6 Å². The Hall–Kier alpha value is -5.20. The Morgan fingerprint density at radius 2 is 1.73 bits per heavy atom. The first kappa shape index (κ1) is 28.9. The number of pyridine rings is 1. The quantitative estimate of drug-likeness (QED) is 0.205. The third-order valence-corrected chi connectivity index (χ3v) is 7.18. The molecule has 3 aromatic heterocycles.